The zero-order valence-corrected chi connectivity index (χ0v) is 10.9. The number of hydrogen-bond donors (Lipinski definition) is 1. The Kier molecular flexibility index (Phi) is 4.13. The number of amides is 1. The molecule has 1 amide bonds. The van der Waals surface area contributed by atoms with E-state index in [2.05, 4.69) is 17.2 Å². The maximum atomic E-state index is 12.3. The van der Waals surface area contributed by atoms with Gasteiger partial charge >= 0.3 is 5.97 Å². The number of rotatable bonds is 4. The molecule has 19 heavy (non-hydrogen) atoms. The van der Waals surface area contributed by atoms with Crippen molar-refractivity contribution in [1.82, 2.24) is 19.9 Å². The van der Waals surface area contributed by atoms with Gasteiger partial charge in [-0.15, -0.1) is 5.10 Å². The fraction of sp³-hybridized carbons (Fsp3) is 0.667. The highest BCUT2D eigenvalue weighted by Crippen LogP contribution is 2.21. The third-order valence-electron chi connectivity index (χ3n) is 3.41. The van der Waals surface area contributed by atoms with E-state index in [4.69, 9.17) is 5.11 Å². The Morgan fingerprint density at radius 1 is 1.47 bits per heavy atom. The number of carboxylic acids is 1. The van der Waals surface area contributed by atoms with E-state index in [0.29, 0.717) is 0 Å². The van der Waals surface area contributed by atoms with Gasteiger partial charge in [0.15, 0.2) is 5.69 Å². The van der Waals surface area contributed by atoms with Crippen molar-refractivity contribution >= 4 is 11.9 Å². The van der Waals surface area contributed by atoms with E-state index in [1.165, 1.54) is 10.9 Å². The molecular weight excluding hydrogens is 248 g/mol. The van der Waals surface area contributed by atoms with Gasteiger partial charge in [-0.25, -0.2) is 4.68 Å². The molecule has 0 aliphatic carbocycles. The number of carbonyl (C=O) groups is 2. The van der Waals surface area contributed by atoms with E-state index >= 15 is 0 Å². The first-order valence-electron chi connectivity index (χ1n) is 6.54. The molecule has 1 fully saturated rings. The Bertz CT molecular complexity index is 471. The van der Waals surface area contributed by atoms with Crippen LogP contribution in [0.5, 0.6) is 0 Å². The molecule has 0 spiro atoms. The summed E-state index contributed by atoms with van der Waals surface area (Å²) in [5.74, 6) is -1.16. The first-order valence-corrected chi connectivity index (χ1v) is 6.54. The van der Waals surface area contributed by atoms with Crippen molar-refractivity contribution in [2.75, 3.05) is 6.54 Å². The average Bonchev–Trinajstić information content (AvgIpc) is 2.85. The summed E-state index contributed by atoms with van der Waals surface area (Å²) in [5, 5.41) is 16.1. The minimum absolute atomic E-state index is 0.150. The SMILES string of the molecule is CCC1CCCCN1C(=O)c1cn(CC(=O)O)nn1. The van der Waals surface area contributed by atoms with Crippen LogP contribution in [0.25, 0.3) is 0 Å². The van der Waals surface area contributed by atoms with Crippen molar-refractivity contribution in [1.29, 1.82) is 0 Å². The molecule has 1 aliphatic heterocycles. The summed E-state index contributed by atoms with van der Waals surface area (Å²) in [6.07, 6.45) is 5.50. The van der Waals surface area contributed by atoms with E-state index in [-0.39, 0.29) is 24.2 Å². The maximum absolute atomic E-state index is 12.3. The molecule has 1 saturated heterocycles. The van der Waals surface area contributed by atoms with Crippen LogP contribution in [0.2, 0.25) is 0 Å². The molecule has 1 unspecified atom stereocenters. The number of piperidine rings is 1. The second kappa shape index (κ2) is 5.81. The standard InChI is InChI=1S/C12H18N4O3/c1-2-9-5-3-4-6-16(9)12(19)10-7-15(14-13-10)8-11(17)18/h7,9H,2-6,8H2,1H3,(H,17,18). The van der Waals surface area contributed by atoms with E-state index < -0.39 is 5.97 Å². The molecule has 2 rings (SSSR count). The molecule has 7 nitrogen and oxygen atoms in total. The van der Waals surface area contributed by atoms with Gasteiger partial charge in [0.25, 0.3) is 5.91 Å². The summed E-state index contributed by atoms with van der Waals surface area (Å²) in [6.45, 7) is 2.53. The molecule has 0 bridgehead atoms. The molecule has 0 aromatic carbocycles. The Balaban J connectivity index is 2.09. The predicted molar refractivity (Wildman–Crippen MR) is 66.6 cm³/mol. The Morgan fingerprint density at radius 3 is 2.95 bits per heavy atom. The second-order valence-electron chi connectivity index (χ2n) is 4.75. The monoisotopic (exact) mass is 266 g/mol. The smallest absolute Gasteiger partial charge is 0.325 e. The Labute approximate surface area is 111 Å². The lowest BCUT2D eigenvalue weighted by atomic mass is 10.00. The van der Waals surface area contributed by atoms with Crippen LogP contribution in [0.4, 0.5) is 0 Å². The molecule has 1 aliphatic rings. The summed E-state index contributed by atoms with van der Waals surface area (Å²) >= 11 is 0. The molecule has 1 aromatic heterocycles. The zero-order chi connectivity index (χ0) is 13.8. The first kappa shape index (κ1) is 13.5. The third kappa shape index (κ3) is 3.10. The molecule has 0 radical (unpaired) electrons. The van der Waals surface area contributed by atoms with Gasteiger partial charge in [0.1, 0.15) is 6.54 Å². The van der Waals surface area contributed by atoms with Gasteiger partial charge in [-0.2, -0.15) is 0 Å². The van der Waals surface area contributed by atoms with Crippen molar-refractivity contribution < 1.29 is 14.7 Å². The summed E-state index contributed by atoms with van der Waals surface area (Å²) in [4.78, 5) is 24.7. The number of hydrogen-bond acceptors (Lipinski definition) is 4. The van der Waals surface area contributed by atoms with Crippen LogP contribution < -0.4 is 0 Å². The molecule has 7 heteroatoms. The van der Waals surface area contributed by atoms with Gasteiger partial charge < -0.3 is 10.0 Å². The van der Waals surface area contributed by atoms with Crippen molar-refractivity contribution in [3.05, 3.63) is 11.9 Å². The van der Waals surface area contributed by atoms with E-state index in [9.17, 15) is 9.59 Å². The van der Waals surface area contributed by atoms with Crippen molar-refractivity contribution in [2.24, 2.45) is 0 Å². The largest absolute Gasteiger partial charge is 0.480 e. The minimum atomic E-state index is -1.01. The lowest BCUT2D eigenvalue weighted by molar-refractivity contribution is -0.137. The Morgan fingerprint density at radius 2 is 2.26 bits per heavy atom. The van der Waals surface area contributed by atoms with Crippen LogP contribution >= 0.6 is 0 Å². The highest BCUT2D eigenvalue weighted by molar-refractivity contribution is 5.92. The normalized spacial score (nSPS) is 19.4. The lowest BCUT2D eigenvalue weighted by Crippen LogP contribution is -2.43. The predicted octanol–water partition coefficient (Wildman–Crippen LogP) is 0.767. The number of carboxylic acid groups (broad SMARTS) is 1. The molecule has 0 saturated carbocycles. The summed E-state index contributed by atoms with van der Waals surface area (Å²) in [7, 11) is 0. The molecule has 2 heterocycles. The quantitative estimate of drug-likeness (QED) is 0.869. The van der Waals surface area contributed by atoms with Crippen LogP contribution in [0.3, 0.4) is 0 Å². The van der Waals surface area contributed by atoms with Crippen LogP contribution in [0.15, 0.2) is 6.20 Å². The van der Waals surface area contributed by atoms with Crippen LogP contribution in [-0.4, -0.2) is 49.5 Å². The van der Waals surface area contributed by atoms with Gasteiger partial charge in [-0.05, 0) is 25.7 Å². The summed E-state index contributed by atoms with van der Waals surface area (Å²) in [5.41, 5.74) is 0.224. The summed E-state index contributed by atoms with van der Waals surface area (Å²) in [6, 6.07) is 0.255. The Hall–Kier alpha value is -1.92. The highest BCUT2D eigenvalue weighted by atomic mass is 16.4. The van der Waals surface area contributed by atoms with Crippen LogP contribution in [0, 0.1) is 0 Å². The number of carbonyl (C=O) groups excluding carboxylic acids is 1. The lowest BCUT2D eigenvalue weighted by Gasteiger charge is -2.34. The number of likely N-dealkylation sites (tertiary alicyclic amines) is 1. The second-order valence-corrected chi connectivity index (χ2v) is 4.75. The molecule has 104 valence electrons. The zero-order valence-electron chi connectivity index (χ0n) is 10.9. The van der Waals surface area contributed by atoms with Gasteiger partial charge in [-0.3, -0.25) is 9.59 Å². The van der Waals surface area contributed by atoms with Crippen molar-refractivity contribution in [3.63, 3.8) is 0 Å². The van der Waals surface area contributed by atoms with Crippen LogP contribution in [-0.2, 0) is 11.3 Å². The average molecular weight is 266 g/mol. The van der Waals surface area contributed by atoms with E-state index in [1.807, 2.05) is 4.90 Å². The number of aliphatic carboxylic acids is 1. The fourth-order valence-electron chi connectivity index (χ4n) is 2.45. The van der Waals surface area contributed by atoms with Gasteiger partial charge in [0.2, 0.25) is 0 Å². The molecular formula is C12H18N4O3. The van der Waals surface area contributed by atoms with Gasteiger partial charge in [0, 0.05) is 12.6 Å². The van der Waals surface area contributed by atoms with Crippen molar-refractivity contribution in [3.8, 4) is 0 Å². The van der Waals surface area contributed by atoms with Crippen molar-refractivity contribution in [2.45, 2.75) is 45.2 Å². The van der Waals surface area contributed by atoms with Gasteiger partial charge in [0.05, 0.1) is 6.20 Å². The topological polar surface area (TPSA) is 88.3 Å². The summed E-state index contributed by atoms with van der Waals surface area (Å²) < 4.78 is 1.17. The third-order valence-corrected chi connectivity index (χ3v) is 3.41. The molecule has 1 N–H and O–H groups in total. The first-order chi connectivity index (χ1) is 9.11. The molecule has 1 atom stereocenters. The number of aromatic nitrogens is 3. The van der Waals surface area contributed by atoms with E-state index in [1.54, 1.807) is 0 Å². The maximum Gasteiger partial charge on any atom is 0.325 e. The van der Waals surface area contributed by atoms with Crippen LogP contribution in [0.1, 0.15) is 43.1 Å². The highest BCUT2D eigenvalue weighted by Gasteiger charge is 2.27. The number of nitrogens with zero attached hydrogens (tertiary/aromatic N) is 4. The molecule has 1 aromatic rings. The fourth-order valence-corrected chi connectivity index (χ4v) is 2.45. The van der Waals surface area contributed by atoms with Gasteiger partial charge in [-0.1, -0.05) is 12.1 Å². The van der Waals surface area contributed by atoms with E-state index in [0.717, 1.165) is 32.2 Å². The minimum Gasteiger partial charge on any atom is -0.480 e.